The van der Waals surface area contributed by atoms with Crippen molar-refractivity contribution in [3.8, 4) is 11.1 Å². The Hall–Kier alpha value is -3.44. The van der Waals surface area contributed by atoms with Crippen LogP contribution in [0.1, 0.15) is 39.6 Å². The van der Waals surface area contributed by atoms with Crippen molar-refractivity contribution in [2.75, 3.05) is 5.32 Å². The first kappa shape index (κ1) is 24.7. The van der Waals surface area contributed by atoms with Crippen LogP contribution in [0.3, 0.4) is 0 Å². The lowest BCUT2D eigenvalue weighted by atomic mass is 10.00. The van der Waals surface area contributed by atoms with Crippen LogP contribution in [0.5, 0.6) is 0 Å². The van der Waals surface area contributed by atoms with E-state index in [9.17, 15) is 22.8 Å². The van der Waals surface area contributed by atoms with Gasteiger partial charge >= 0.3 is 6.18 Å². The number of hydrogen-bond donors (Lipinski definition) is 2. The molecular weight excluding hydrogens is 503 g/mol. The lowest BCUT2D eigenvalue weighted by Crippen LogP contribution is -2.26. The Kier molecular flexibility index (Phi) is 6.32. The number of rotatable bonds is 5. The molecule has 182 valence electrons. The van der Waals surface area contributed by atoms with E-state index in [4.69, 9.17) is 17.3 Å². The number of thiophene rings is 1. The van der Waals surface area contributed by atoms with E-state index in [1.54, 1.807) is 38.1 Å². The van der Waals surface area contributed by atoms with Crippen molar-refractivity contribution in [2.45, 2.75) is 33.0 Å². The van der Waals surface area contributed by atoms with Crippen LogP contribution in [0.15, 0.2) is 36.5 Å². The Balaban J connectivity index is 1.92. The van der Waals surface area contributed by atoms with Crippen LogP contribution in [-0.2, 0) is 11.0 Å². The summed E-state index contributed by atoms with van der Waals surface area (Å²) >= 11 is 6.73. The van der Waals surface area contributed by atoms with Crippen molar-refractivity contribution in [1.82, 2.24) is 14.8 Å². The largest absolute Gasteiger partial charge is 0.433 e. The number of nitrogens with two attached hydrogens (primary N) is 1. The van der Waals surface area contributed by atoms with E-state index in [0.717, 1.165) is 11.6 Å². The average molecular weight is 522 g/mol. The molecule has 0 aliphatic heterocycles. The van der Waals surface area contributed by atoms with Gasteiger partial charge in [-0.15, -0.1) is 11.3 Å². The molecule has 0 spiro atoms. The van der Waals surface area contributed by atoms with E-state index < -0.39 is 29.7 Å². The number of aromatic nitrogens is 3. The van der Waals surface area contributed by atoms with E-state index in [1.807, 2.05) is 6.92 Å². The first-order valence-corrected chi connectivity index (χ1v) is 11.5. The van der Waals surface area contributed by atoms with Gasteiger partial charge in [-0.2, -0.15) is 18.3 Å². The maximum atomic E-state index is 13.6. The molecule has 7 nitrogen and oxygen atoms in total. The van der Waals surface area contributed by atoms with E-state index in [0.29, 0.717) is 27.6 Å². The quantitative estimate of drug-likeness (QED) is 0.349. The third kappa shape index (κ3) is 4.61. The van der Waals surface area contributed by atoms with Crippen molar-refractivity contribution in [3.63, 3.8) is 0 Å². The number of nitrogens with zero attached hydrogens (tertiary/aromatic N) is 3. The molecule has 0 fully saturated rings. The van der Waals surface area contributed by atoms with Gasteiger partial charge in [0.1, 0.15) is 21.4 Å². The Morgan fingerprint density at radius 2 is 1.86 bits per heavy atom. The molecule has 2 amide bonds. The minimum absolute atomic E-state index is 0.00190. The number of carbonyl (C=O) groups excluding carboxylic acids is 2. The number of alkyl halides is 3. The maximum absolute atomic E-state index is 13.6. The summed E-state index contributed by atoms with van der Waals surface area (Å²) in [5.41, 5.74) is 6.50. The van der Waals surface area contributed by atoms with Gasteiger partial charge in [0.2, 0.25) is 5.91 Å². The number of amides is 2. The van der Waals surface area contributed by atoms with Crippen molar-refractivity contribution >= 4 is 50.7 Å². The fraction of sp³-hybridized carbons (Fsp3) is 0.217. The maximum Gasteiger partial charge on any atom is 0.433 e. The molecule has 0 saturated heterocycles. The summed E-state index contributed by atoms with van der Waals surface area (Å²) in [5.74, 6) is -1.47. The summed E-state index contributed by atoms with van der Waals surface area (Å²) < 4.78 is 42.3. The molecule has 35 heavy (non-hydrogen) atoms. The number of anilines is 1. The second-order valence-electron chi connectivity index (χ2n) is 7.96. The van der Waals surface area contributed by atoms with Gasteiger partial charge < -0.3 is 11.1 Å². The van der Waals surface area contributed by atoms with Crippen molar-refractivity contribution in [1.29, 1.82) is 0 Å². The standard InChI is InChI=1S/C23H19ClF3N5O2S/c1-10-4-6-13(7-5-10)14-8-16(23(25,26)27)30-22-17(14)18(19(35-22)20(28)33)31-21(34)12(3)32-11(2)15(24)9-29-32/h4-9,12H,1-3H3,(H2,28,33)(H,31,34). The number of fused-ring (bicyclic) bond motifs is 1. The fourth-order valence-electron chi connectivity index (χ4n) is 3.63. The second-order valence-corrected chi connectivity index (χ2v) is 9.36. The Morgan fingerprint density at radius 1 is 1.20 bits per heavy atom. The molecule has 0 radical (unpaired) electrons. The molecular formula is C23H19ClF3N5O2S. The molecule has 0 bridgehead atoms. The van der Waals surface area contributed by atoms with Crippen molar-refractivity contribution in [3.05, 3.63) is 63.4 Å². The summed E-state index contributed by atoms with van der Waals surface area (Å²) in [7, 11) is 0. The van der Waals surface area contributed by atoms with E-state index in [1.165, 1.54) is 10.9 Å². The minimum atomic E-state index is -4.72. The van der Waals surface area contributed by atoms with Gasteiger partial charge in [-0.1, -0.05) is 41.4 Å². The zero-order chi connectivity index (χ0) is 25.7. The molecule has 1 unspecified atom stereocenters. The number of aryl methyl sites for hydroxylation is 1. The number of primary amides is 1. The summed E-state index contributed by atoms with van der Waals surface area (Å²) in [5, 5.41) is 7.33. The summed E-state index contributed by atoms with van der Waals surface area (Å²) in [4.78, 5) is 28.9. The van der Waals surface area contributed by atoms with Gasteiger partial charge in [0, 0.05) is 5.39 Å². The molecule has 1 atom stereocenters. The average Bonchev–Trinajstić information content (AvgIpc) is 3.32. The highest BCUT2D eigenvalue weighted by molar-refractivity contribution is 7.21. The predicted octanol–water partition coefficient (Wildman–Crippen LogP) is 5.75. The van der Waals surface area contributed by atoms with Crippen LogP contribution in [0.25, 0.3) is 21.3 Å². The minimum Gasteiger partial charge on any atom is -0.365 e. The number of benzene rings is 1. The fourth-order valence-corrected chi connectivity index (χ4v) is 4.77. The third-order valence-corrected chi connectivity index (χ3v) is 6.99. The lowest BCUT2D eigenvalue weighted by molar-refractivity contribution is -0.140. The first-order valence-electron chi connectivity index (χ1n) is 10.3. The molecule has 0 aliphatic rings. The number of nitrogens with one attached hydrogen (secondary N) is 1. The Morgan fingerprint density at radius 3 is 2.40 bits per heavy atom. The van der Waals surface area contributed by atoms with E-state index in [2.05, 4.69) is 15.4 Å². The van der Waals surface area contributed by atoms with Crippen LogP contribution >= 0.6 is 22.9 Å². The molecule has 3 aromatic heterocycles. The van der Waals surface area contributed by atoms with Crippen LogP contribution in [-0.4, -0.2) is 26.6 Å². The molecule has 12 heteroatoms. The first-order chi connectivity index (χ1) is 16.4. The van der Waals surface area contributed by atoms with Crippen LogP contribution in [0.4, 0.5) is 18.9 Å². The summed E-state index contributed by atoms with van der Waals surface area (Å²) in [6.07, 6.45) is -3.33. The van der Waals surface area contributed by atoms with Crippen molar-refractivity contribution in [2.24, 2.45) is 5.73 Å². The van der Waals surface area contributed by atoms with Gasteiger partial charge in [-0.3, -0.25) is 14.3 Å². The van der Waals surface area contributed by atoms with Crippen LogP contribution < -0.4 is 11.1 Å². The normalized spacial score (nSPS) is 12.7. The lowest BCUT2D eigenvalue weighted by Gasteiger charge is -2.16. The van der Waals surface area contributed by atoms with E-state index >= 15 is 0 Å². The smallest absolute Gasteiger partial charge is 0.365 e. The van der Waals surface area contributed by atoms with Gasteiger partial charge in [-0.05, 0) is 38.0 Å². The molecule has 4 rings (SSSR count). The topological polar surface area (TPSA) is 103 Å². The highest BCUT2D eigenvalue weighted by Gasteiger charge is 2.35. The molecule has 4 aromatic rings. The highest BCUT2D eigenvalue weighted by atomic mass is 35.5. The summed E-state index contributed by atoms with van der Waals surface area (Å²) in [6.45, 7) is 5.11. The number of pyridine rings is 1. The molecule has 3 N–H and O–H groups in total. The van der Waals surface area contributed by atoms with E-state index in [-0.39, 0.29) is 26.3 Å². The monoisotopic (exact) mass is 521 g/mol. The Labute approximate surface area is 206 Å². The van der Waals surface area contributed by atoms with Crippen molar-refractivity contribution < 1.29 is 22.8 Å². The Bertz CT molecular complexity index is 1460. The molecule has 3 heterocycles. The summed E-state index contributed by atoms with van der Waals surface area (Å²) in [6, 6.07) is 6.89. The highest BCUT2D eigenvalue weighted by Crippen LogP contribution is 2.44. The van der Waals surface area contributed by atoms with Crippen LogP contribution in [0.2, 0.25) is 5.02 Å². The number of carbonyl (C=O) groups is 2. The molecule has 0 saturated carbocycles. The second kappa shape index (κ2) is 8.97. The van der Waals surface area contributed by atoms with Gasteiger partial charge in [-0.25, -0.2) is 4.98 Å². The predicted molar refractivity (Wildman–Crippen MR) is 129 cm³/mol. The SMILES string of the molecule is Cc1ccc(-c2cc(C(F)(F)F)nc3sc(C(N)=O)c(NC(=O)C(C)n4ncc(Cl)c4C)c23)cc1. The molecule has 1 aromatic carbocycles. The van der Waals surface area contributed by atoms with Gasteiger partial charge in [0.25, 0.3) is 5.91 Å². The zero-order valence-corrected chi connectivity index (χ0v) is 20.3. The third-order valence-electron chi connectivity index (χ3n) is 5.52. The molecule has 0 aliphatic carbocycles. The number of hydrogen-bond acceptors (Lipinski definition) is 5. The number of halogens is 4. The van der Waals surface area contributed by atoms with Gasteiger partial charge in [0.05, 0.1) is 22.6 Å². The van der Waals surface area contributed by atoms with Gasteiger partial charge in [0.15, 0.2) is 0 Å². The zero-order valence-electron chi connectivity index (χ0n) is 18.7. The van der Waals surface area contributed by atoms with Crippen LogP contribution in [0, 0.1) is 13.8 Å².